The number of halogens is 2. The Morgan fingerprint density at radius 1 is 1.00 bits per heavy atom. The first-order chi connectivity index (χ1) is 10.2. The third-order valence-electron chi connectivity index (χ3n) is 3.11. The summed E-state index contributed by atoms with van der Waals surface area (Å²) in [4.78, 5) is 0. The largest absolute Gasteiger partial charge is 1.00 e. The third-order valence-corrected chi connectivity index (χ3v) is 3.11. The molecule has 0 aliphatic carbocycles. The molecule has 0 unspecified atom stereocenters. The van der Waals surface area contributed by atoms with Gasteiger partial charge in [-0.1, -0.05) is 25.1 Å². The average Bonchev–Trinajstić information content (AvgIpc) is 2.52. The van der Waals surface area contributed by atoms with E-state index in [-0.39, 0.29) is 18.2 Å². The molecular formula is C17H20ClFNO2-. The highest BCUT2D eigenvalue weighted by Crippen LogP contribution is 2.28. The molecule has 2 rings (SSSR count). The quantitative estimate of drug-likeness (QED) is 0.806. The number of rotatable bonds is 7. The lowest BCUT2D eigenvalue weighted by Crippen LogP contribution is -3.00. The van der Waals surface area contributed by atoms with Crippen molar-refractivity contribution in [3.05, 3.63) is 59.4 Å². The van der Waals surface area contributed by atoms with E-state index in [1.165, 1.54) is 12.1 Å². The molecular weight excluding hydrogens is 305 g/mol. The summed E-state index contributed by atoms with van der Waals surface area (Å²) in [5.74, 6) is 1.14. The van der Waals surface area contributed by atoms with Crippen LogP contribution < -0.4 is 27.2 Å². The highest BCUT2D eigenvalue weighted by molar-refractivity contribution is 5.43. The minimum Gasteiger partial charge on any atom is -1.00 e. The van der Waals surface area contributed by atoms with Gasteiger partial charge in [-0.15, -0.1) is 0 Å². The first-order valence-corrected chi connectivity index (χ1v) is 6.97. The van der Waals surface area contributed by atoms with Crippen molar-refractivity contribution in [2.45, 2.75) is 20.1 Å². The van der Waals surface area contributed by atoms with Crippen LogP contribution in [0.4, 0.5) is 4.39 Å². The summed E-state index contributed by atoms with van der Waals surface area (Å²) in [7, 11) is 1.62. The molecule has 0 aliphatic rings. The van der Waals surface area contributed by atoms with Crippen molar-refractivity contribution < 1.29 is 26.3 Å². The molecule has 0 aromatic heterocycles. The summed E-state index contributed by atoms with van der Waals surface area (Å²) in [6, 6.07) is 12.1. The molecule has 22 heavy (non-hydrogen) atoms. The van der Waals surface area contributed by atoms with Crippen molar-refractivity contribution in [3.63, 3.8) is 0 Å². The van der Waals surface area contributed by atoms with Crippen molar-refractivity contribution in [2.24, 2.45) is 0 Å². The Labute approximate surface area is 136 Å². The normalized spacial score (nSPS) is 9.95. The Bertz CT molecular complexity index is 575. The van der Waals surface area contributed by atoms with E-state index in [9.17, 15) is 4.39 Å². The zero-order chi connectivity index (χ0) is 15.1. The summed E-state index contributed by atoms with van der Waals surface area (Å²) < 4.78 is 24.0. The highest BCUT2D eigenvalue weighted by atomic mass is 35.5. The van der Waals surface area contributed by atoms with Gasteiger partial charge in [-0.25, -0.2) is 4.39 Å². The molecule has 0 saturated heterocycles. The predicted molar refractivity (Wildman–Crippen MR) is 81.1 cm³/mol. The second-order valence-corrected chi connectivity index (χ2v) is 4.68. The van der Waals surface area contributed by atoms with Gasteiger partial charge in [0.2, 0.25) is 0 Å². The van der Waals surface area contributed by atoms with Crippen LogP contribution in [0.25, 0.3) is 0 Å². The molecule has 0 aliphatic heterocycles. The van der Waals surface area contributed by atoms with Gasteiger partial charge >= 0.3 is 0 Å². The highest BCUT2D eigenvalue weighted by Gasteiger charge is 2.06. The Balaban J connectivity index is 0.00000242. The van der Waals surface area contributed by atoms with Gasteiger partial charge in [-0.3, -0.25) is 0 Å². The number of hydrogen-bond acceptors (Lipinski definition) is 3. The number of ether oxygens (including phenoxy) is 2. The Morgan fingerprint density at radius 2 is 1.68 bits per heavy atom. The van der Waals surface area contributed by atoms with E-state index in [0.29, 0.717) is 18.1 Å². The van der Waals surface area contributed by atoms with Gasteiger partial charge in [0.25, 0.3) is 0 Å². The minimum atomic E-state index is -0.246. The van der Waals surface area contributed by atoms with E-state index in [1.54, 1.807) is 19.2 Å². The molecule has 2 aromatic rings. The first-order valence-electron chi connectivity index (χ1n) is 6.97. The smallest absolute Gasteiger partial charge is 0.161 e. The zero-order valence-electron chi connectivity index (χ0n) is 12.7. The molecule has 120 valence electrons. The monoisotopic (exact) mass is 324 g/mol. The van der Waals surface area contributed by atoms with Gasteiger partial charge in [-0.2, -0.15) is 0 Å². The molecule has 3 nitrogen and oxygen atoms in total. The van der Waals surface area contributed by atoms with Gasteiger partial charge in [0.15, 0.2) is 11.5 Å². The molecule has 0 atom stereocenters. The summed E-state index contributed by atoms with van der Waals surface area (Å²) in [6.07, 6.45) is 0. The number of hydrogen-bond donors (Lipinski definition) is 1. The molecule has 0 bridgehead atoms. The van der Waals surface area contributed by atoms with Crippen LogP contribution in [-0.4, -0.2) is 13.7 Å². The standard InChI is InChI=1S/C17H20FNO2.ClH/c1-3-19-11-14-6-9-16(17(10-14)20-2)21-12-13-4-7-15(18)8-5-13;/h4-10,19H,3,11-12H2,1-2H3;1H/p-1. The maximum absolute atomic E-state index is 12.8. The maximum Gasteiger partial charge on any atom is 0.161 e. The van der Waals surface area contributed by atoms with Gasteiger partial charge in [-0.05, 0) is 41.9 Å². The average molecular weight is 325 g/mol. The van der Waals surface area contributed by atoms with Crippen molar-refractivity contribution in [2.75, 3.05) is 13.7 Å². The van der Waals surface area contributed by atoms with Crippen molar-refractivity contribution in [3.8, 4) is 11.5 Å². The molecule has 0 heterocycles. The number of benzene rings is 2. The fourth-order valence-corrected chi connectivity index (χ4v) is 1.95. The van der Waals surface area contributed by atoms with Crippen LogP contribution in [0, 0.1) is 5.82 Å². The zero-order valence-corrected chi connectivity index (χ0v) is 13.5. The first kappa shape index (κ1) is 18.3. The van der Waals surface area contributed by atoms with Gasteiger partial charge in [0, 0.05) is 6.54 Å². The van der Waals surface area contributed by atoms with Crippen molar-refractivity contribution in [1.29, 1.82) is 0 Å². The topological polar surface area (TPSA) is 30.5 Å². The van der Waals surface area contributed by atoms with Gasteiger partial charge in [0.1, 0.15) is 12.4 Å². The summed E-state index contributed by atoms with van der Waals surface area (Å²) in [6.45, 7) is 4.16. The lowest BCUT2D eigenvalue weighted by Gasteiger charge is -2.12. The Hall–Kier alpha value is -1.78. The molecule has 0 spiro atoms. The second kappa shape index (κ2) is 9.28. The second-order valence-electron chi connectivity index (χ2n) is 4.68. The minimum absolute atomic E-state index is 0. The molecule has 0 fully saturated rings. The third kappa shape index (κ3) is 5.20. The molecule has 0 saturated carbocycles. The van der Waals surface area contributed by atoms with Crippen LogP contribution in [0.3, 0.4) is 0 Å². The van der Waals surface area contributed by atoms with Crippen LogP contribution in [0.1, 0.15) is 18.1 Å². The van der Waals surface area contributed by atoms with Gasteiger partial charge in [0.05, 0.1) is 7.11 Å². The van der Waals surface area contributed by atoms with Crippen LogP contribution >= 0.6 is 0 Å². The molecule has 2 aromatic carbocycles. The van der Waals surface area contributed by atoms with Crippen LogP contribution in [0.15, 0.2) is 42.5 Å². The summed E-state index contributed by atoms with van der Waals surface area (Å²) in [5.41, 5.74) is 2.05. The summed E-state index contributed by atoms with van der Waals surface area (Å²) in [5, 5.41) is 3.27. The Kier molecular flexibility index (Phi) is 7.71. The maximum atomic E-state index is 12.8. The van der Waals surface area contributed by atoms with Crippen molar-refractivity contribution in [1.82, 2.24) is 5.32 Å². The number of methoxy groups -OCH3 is 1. The molecule has 0 amide bonds. The SMILES string of the molecule is CCNCc1ccc(OCc2ccc(F)cc2)c(OC)c1.[Cl-]. The van der Waals surface area contributed by atoms with E-state index in [1.807, 2.05) is 18.2 Å². The lowest BCUT2D eigenvalue weighted by atomic mass is 10.2. The van der Waals surface area contributed by atoms with Crippen LogP contribution in [-0.2, 0) is 13.2 Å². The van der Waals surface area contributed by atoms with Crippen molar-refractivity contribution >= 4 is 0 Å². The van der Waals surface area contributed by atoms with E-state index in [0.717, 1.165) is 24.2 Å². The van der Waals surface area contributed by atoms with E-state index < -0.39 is 0 Å². The number of nitrogens with one attached hydrogen (secondary N) is 1. The predicted octanol–water partition coefficient (Wildman–Crippen LogP) is 0.527. The van der Waals surface area contributed by atoms with E-state index >= 15 is 0 Å². The van der Waals surface area contributed by atoms with Crippen LogP contribution in [0.2, 0.25) is 0 Å². The van der Waals surface area contributed by atoms with Gasteiger partial charge < -0.3 is 27.2 Å². The van der Waals surface area contributed by atoms with E-state index in [4.69, 9.17) is 9.47 Å². The lowest BCUT2D eigenvalue weighted by molar-refractivity contribution is -0.00000556. The summed E-state index contributed by atoms with van der Waals surface area (Å²) >= 11 is 0. The fourth-order valence-electron chi connectivity index (χ4n) is 1.95. The molecule has 1 N–H and O–H groups in total. The fraction of sp³-hybridized carbons (Fsp3) is 0.294. The Morgan fingerprint density at radius 3 is 2.32 bits per heavy atom. The van der Waals surface area contributed by atoms with E-state index in [2.05, 4.69) is 12.2 Å². The molecule has 0 radical (unpaired) electrons. The molecule has 5 heteroatoms. The van der Waals surface area contributed by atoms with Crippen LogP contribution in [0.5, 0.6) is 11.5 Å².